The lowest BCUT2D eigenvalue weighted by atomic mass is 10.2. The number of rotatable bonds is 8. The van der Waals surface area contributed by atoms with Crippen LogP contribution in [-0.4, -0.2) is 55.2 Å². The van der Waals surface area contributed by atoms with Gasteiger partial charge in [-0.3, -0.25) is 9.80 Å². The lowest BCUT2D eigenvalue weighted by Crippen LogP contribution is -2.46. The third kappa shape index (κ3) is 6.16. The van der Waals surface area contributed by atoms with Crippen molar-refractivity contribution in [2.45, 2.75) is 39.3 Å². The molecule has 1 aliphatic rings. The van der Waals surface area contributed by atoms with Gasteiger partial charge in [-0.2, -0.15) is 0 Å². The molecule has 1 saturated heterocycles. The highest BCUT2D eigenvalue weighted by Crippen LogP contribution is 2.08. The second-order valence-electron chi connectivity index (χ2n) is 6.07. The van der Waals surface area contributed by atoms with E-state index in [0.717, 1.165) is 19.7 Å². The largest absolute Gasteiger partial charge is 0.377 e. The molecule has 118 valence electrons. The standard InChI is InChI=1S/C18H30N2O/c1-3-7-17(2)21-15-14-19-10-12-20(13-11-19)16-18-8-5-4-6-9-18/h4-6,8-9,17H,3,7,10-16H2,1-2H3/t17-/m0/s1. The molecule has 0 N–H and O–H groups in total. The summed E-state index contributed by atoms with van der Waals surface area (Å²) >= 11 is 0. The van der Waals surface area contributed by atoms with E-state index in [1.54, 1.807) is 0 Å². The fourth-order valence-electron chi connectivity index (χ4n) is 2.89. The Balaban J connectivity index is 1.60. The summed E-state index contributed by atoms with van der Waals surface area (Å²) in [5, 5.41) is 0. The van der Waals surface area contributed by atoms with E-state index in [1.165, 1.54) is 44.6 Å². The zero-order valence-electron chi connectivity index (χ0n) is 13.6. The van der Waals surface area contributed by atoms with Crippen LogP contribution in [0.15, 0.2) is 30.3 Å². The molecule has 1 atom stereocenters. The Morgan fingerprint density at radius 2 is 1.71 bits per heavy atom. The first-order valence-corrected chi connectivity index (χ1v) is 8.38. The van der Waals surface area contributed by atoms with Crippen LogP contribution in [0.25, 0.3) is 0 Å². The number of benzene rings is 1. The first-order chi connectivity index (χ1) is 10.3. The van der Waals surface area contributed by atoms with E-state index < -0.39 is 0 Å². The van der Waals surface area contributed by atoms with Crippen LogP contribution < -0.4 is 0 Å². The Kier molecular flexibility index (Phi) is 7.20. The summed E-state index contributed by atoms with van der Waals surface area (Å²) in [5.74, 6) is 0. The summed E-state index contributed by atoms with van der Waals surface area (Å²) in [5.41, 5.74) is 1.42. The predicted octanol–water partition coefficient (Wildman–Crippen LogP) is 3.01. The van der Waals surface area contributed by atoms with Gasteiger partial charge in [-0.25, -0.2) is 0 Å². The SMILES string of the molecule is CCC[C@H](C)OCCN1CCN(Cc2ccccc2)CC1. The number of ether oxygens (including phenoxy) is 1. The molecule has 2 rings (SSSR count). The minimum Gasteiger partial charge on any atom is -0.377 e. The van der Waals surface area contributed by atoms with Crippen molar-refractivity contribution in [3.8, 4) is 0 Å². The Bertz CT molecular complexity index is 374. The molecule has 1 heterocycles. The maximum absolute atomic E-state index is 5.85. The minimum absolute atomic E-state index is 0.411. The van der Waals surface area contributed by atoms with Crippen molar-refractivity contribution >= 4 is 0 Å². The molecular weight excluding hydrogens is 260 g/mol. The zero-order chi connectivity index (χ0) is 14.9. The summed E-state index contributed by atoms with van der Waals surface area (Å²) in [7, 11) is 0. The van der Waals surface area contributed by atoms with Gasteiger partial charge in [0.25, 0.3) is 0 Å². The normalized spacial score (nSPS) is 18.8. The molecule has 1 aliphatic heterocycles. The Labute approximate surface area is 129 Å². The van der Waals surface area contributed by atoms with Crippen molar-refractivity contribution in [3.63, 3.8) is 0 Å². The number of hydrogen-bond acceptors (Lipinski definition) is 3. The smallest absolute Gasteiger partial charge is 0.0597 e. The average Bonchev–Trinajstić information content (AvgIpc) is 2.50. The molecule has 1 aromatic rings. The summed E-state index contributed by atoms with van der Waals surface area (Å²) in [6.07, 6.45) is 2.79. The molecule has 21 heavy (non-hydrogen) atoms. The molecule has 0 saturated carbocycles. The number of hydrogen-bond donors (Lipinski definition) is 0. The highest BCUT2D eigenvalue weighted by Gasteiger charge is 2.16. The highest BCUT2D eigenvalue weighted by molar-refractivity contribution is 5.14. The topological polar surface area (TPSA) is 15.7 Å². The molecule has 1 fully saturated rings. The summed E-state index contributed by atoms with van der Waals surface area (Å²) in [6, 6.07) is 10.8. The van der Waals surface area contributed by atoms with Gasteiger partial charge in [-0.05, 0) is 18.9 Å². The van der Waals surface area contributed by atoms with E-state index in [2.05, 4.69) is 54.0 Å². The molecular formula is C18H30N2O. The Morgan fingerprint density at radius 1 is 1.05 bits per heavy atom. The van der Waals surface area contributed by atoms with Crippen LogP contribution in [0, 0.1) is 0 Å². The summed E-state index contributed by atoms with van der Waals surface area (Å²) < 4.78 is 5.85. The lowest BCUT2D eigenvalue weighted by molar-refractivity contribution is 0.0314. The highest BCUT2D eigenvalue weighted by atomic mass is 16.5. The van der Waals surface area contributed by atoms with Crippen molar-refractivity contribution in [3.05, 3.63) is 35.9 Å². The first-order valence-electron chi connectivity index (χ1n) is 8.38. The van der Waals surface area contributed by atoms with Gasteiger partial charge in [-0.1, -0.05) is 43.7 Å². The van der Waals surface area contributed by atoms with E-state index in [4.69, 9.17) is 4.74 Å². The van der Waals surface area contributed by atoms with E-state index in [-0.39, 0.29) is 0 Å². The molecule has 0 radical (unpaired) electrons. The van der Waals surface area contributed by atoms with Crippen LogP contribution in [0.2, 0.25) is 0 Å². The Hall–Kier alpha value is -0.900. The van der Waals surface area contributed by atoms with Gasteiger partial charge in [-0.15, -0.1) is 0 Å². The van der Waals surface area contributed by atoms with Gasteiger partial charge < -0.3 is 4.74 Å². The fraction of sp³-hybridized carbons (Fsp3) is 0.667. The fourth-order valence-corrected chi connectivity index (χ4v) is 2.89. The molecule has 0 unspecified atom stereocenters. The molecule has 0 bridgehead atoms. The summed E-state index contributed by atoms with van der Waals surface area (Å²) in [6.45, 7) is 12.1. The van der Waals surface area contributed by atoms with Crippen LogP contribution >= 0.6 is 0 Å². The maximum atomic E-state index is 5.85. The molecule has 0 amide bonds. The second-order valence-corrected chi connectivity index (χ2v) is 6.07. The van der Waals surface area contributed by atoms with Crippen molar-refractivity contribution in [2.75, 3.05) is 39.3 Å². The maximum Gasteiger partial charge on any atom is 0.0597 e. The quantitative estimate of drug-likeness (QED) is 0.732. The van der Waals surface area contributed by atoms with E-state index in [0.29, 0.717) is 6.10 Å². The third-order valence-electron chi connectivity index (χ3n) is 4.22. The molecule has 3 heteroatoms. The van der Waals surface area contributed by atoms with E-state index in [9.17, 15) is 0 Å². The van der Waals surface area contributed by atoms with Crippen molar-refractivity contribution in [1.82, 2.24) is 9.80 Å². The molecule has 1 aromatic carbocycles. The average molecular weight is 290 g/mol. The van der Waals surface area contributed by atoms with Gasteiger partial charge >= 0.3 is 0 Å². The monoisotopic (exact) mass is 290 g/mol. The van der Waals surface area contributed by atoms with Gasteiger partial charge in [0.1, 0.15) is 0 Å². The number of nitrogens with zero attached hydrogens (tertiary/aromatic N) is 2. The molecule has 0 spiro atoms. The summed E-state index contributed by atoms with van der Waals surface area (Å²) in [4.78, 5) is 5.08. The molecule has 3 nitrogen and oxygen atoms in total. The van der Waals surface area contributed by atoms with Crippen LogP contribution in [0.1, 0.15) is 32.3 Å². The van der Waals surface area contributed by atoms with Crippen LogP contribution in [0.4, 0.5) is 0 Å². The first kappa shape index (κ1) is 16.5. The molecule has 0 aliphatic carbocycles. The van der Waals surface area contributed by atoms with Gasteiger partial charge in [0.2, 0.25) is 0 Å². The minimum atomic E-state index is 0.411. The second kappa shape index (κ2) is 9.19. The number of piperazine rings is 1. The lowest BCUT2D eigenvalue weighted by Gasteiger charge is -2.34. The van der Waals surface area contributed by atoms with Crippen molar-refractivity contribution in [1.29, 1.82) is 0 Å². The van der Waals surface area contributed by atoms with Crippen molar-refractivity contribution in [2.24, 2.45) is 0 Å². The van der Waals surface area contributed by atoms with Crippen LogP contribution in [0.3, 0.4) is 0 Å². The van der Waals surface area contributed by atoms with Gasteiger partial charge in [0, 0.05) is 39.3 Å². The Morgan fingerprint density at radius 3 is 2.38 bits per heavy atom. The predicted molar refractivity (Wildman–Crippen MR) is 88.5 cm³/mol. The van der Waals surface area contributed by atoms with Crippen molar-refractivity contribution < 1.29 is 4.74 Å². The molecule has 0 aromatic heterocycles. The van der Waals surface area contributed by atoms with Crippen LogP contribution in [0.5, 0.6) is 0 Å². The third-order valence-corrected chi connectivity index (χ3v) is 4.22. The van der Waals surface area contributed by atoms with Gasteiger partial charge in [0.05, 0.1) is 12.7 Å². The zero-order valence-corrected chi connectivity index (χ0v) is 13.6. The van der Waals surface area contributed by atoms with Crippen LogP contribution in [-0.2, 0) is 11.3 Å². The van der Waals surface area contributed by atoms with E-state index >= 15 is 0 Å². The van der Waals surface area contributed by atoms with E-state index in [1.807, 2.05) is 0 Å². The van der Waals surface area contributed by atoms with Gasteiger partial charge in [0.15, 0.2) is 0 Å².